The van der Waals surface area contributed by atoms with Crippen LogP contribution in [-0.2, 0) is 6.42 Å². The van der Waals surface area contributed by atoms with Crippen LogP contribution in [0.25, 0.3) is 5.57 Å². The summed E-state index contributed by atoms with van der Waals surface area (Å²) in [6.45, 7) is 19.9. The lowest BCUT2D eigenvalue weighted by atomic mass is 9.87. The van der Waals surface area contributed by atoms with Crippen LogP contribution in [0.4, 0.5) is 0 Å². The van der Waals surface area contributed by atoms with E-state index in [-0.39, 0.29) is 0 Å². The van der Waals surface area contributed by atoms with Crippen molar-refractivity contribution in [3.8, 4) is 0 Å². The molecule has 0 fully saturated rings. The normalized spacial score (nSPS) is 16.1. The second-order valence-electron chi connectivity index (χ2n) is 8.23. The monoisotopic (exact) mass is 374 g/mol. The Morgan fingerprint density at radius 3 is 1.96 bits per heavy atom. The number of H-pyrrole nitrogens is 1. The Bertz CT molecular complexity index is 1020. The molecule has 0 bridgehead atoms. The Labute approximate surface area is 170 Å². The Balaban J connectivity index is 2.46. The summed E-state index contributed by atoms with van der Waals surface area (Å²) in [6.07, 6.45) is 2.06. The fourth-order valence-electron chi connectivity index (χ4n) is 5.00. The number of hydrogen-bond donors (Lipinski definition) is 1. The fourth-order valence-corrected chi connectivity index (χ4v) is 5.00. The van der Waals surface area contributed by atoms with Gasteiger partial charge in [0.15, 0.2) is 0 Å². The maximum absolute atomic E-state index is 5.09. The van der Waals surface area contributed by atoms with E-state index in [2.05, 4.69) is 79.4 Å². The minimum atomic E-state index is 1.02. The maximum atomic E-state index is 5.09. The zero-order valence-electron chi connectivity index (χ0n) is 19.0. The Hall–Kier alpha value is -2.35. The van der Waals surface area contributed by atoms with E-state index in [1.54, 1.807) is 0 Å². The van der Waals surface area contributed by atoms with E-state index in [0.717, 1.165) is 24.3 Å². The number of aromatic nitrogens is 1. The van der Waals surface area contributed by atoms with Gasteiger partial charge in [0.25, 0.3) is 0 Å². The molecule has 28 heavy (non-hydrogen) atoms. The molecule has 3 rings (SSSR count). The van der Waals surface area contributed by atoms with Crippen molar-refractivity contribution in [3.05, 3.63) is 73.7 Å². The molecule has 0 atom stereocenters. The molecule has 2 aromatic rings. The average Bonchev–Trinajstić information content (AvgIpc) is 3.05. The van der Waals surface area contributed by atoms with Crippen LogP contribution in [0.2, 0.25) is 0 Å². The number of aryl methyl sites for hydroxylation is 4. The van der Waals surface area contributed by atoms with Gasteiger partial charge >= 0.3 is 0 Å². The lowest BCUT2D eigenvalue weighted by molar-refractivity contribution is 1.08. The molecule has 148 valence electrons. The molecule has 0 amide bonds. The van der Waals surface area contributed by atoms with E-state index in [9.17, 15) is 0 Å². The van der Waals surface area contributed by atoms with Gasteiger partial charge in [0, 0.05) is 17.0 Å². The van der Waals surface area contributed by atoms with E-state index in [4.69, 9.17) is 4.99 Å². The summed E-state index contributed by atoms with van der Waals surface area (Å²) in [5.41, 5.74) is 16.8. The first kappa shape index (κ1) is 20.4. The van der Waals surface area contributed by atoms with Gasteiger partial charge in [-0.05, 0) is 100 Å². The van der Waals surface area contributed by atoms with Crippen molar-refractivity contribution in [2.75, 3.05) is 0 Å². The van der Waals surface area contributed by atoms with Crippen molar-refractivity contribution in [2.24, 2.45) is 4.99 Å². The predicted octanol–water partition coefficient (Wildman–Crippen LogP) is 7.08. The highest BCUT2D eigenvalue weighted by atomic mass is 14.8. The van der Waals surface area contributed by atoms with Crippen molar-refractivity contribution >= 4 is 11.3 Å². The van der Waals surface area contributed by atoms with E-state index < -0.39 is 0 Å². The molecule has 1 aromatic heterocycles. The number of nitrogens with zero attached hydrogens (tertiary/aromatic N) is 1. The number of hydrogen-bond acceptors (Lipinski definition) is 1. The number of aromatic amines is 1. The van der Waals surface area contributed by atoms with Crippen LogP contribution in [0, 0.1) is 34.6 Å². The molecule has 1 aliphatic heterocycles. The van der Waals surface area contributed by atoms with Gasteiger partial charge in [-0.2, -0.15) is 0 Å². The van der Waals surface area contributed by atoms with Crippen molar-refractivity contribution in [3.63, 3.8) is 0 Å². The first-order valence-corrected chi connectivity index (χ1v) is 10.5. The minimum absolute atomic E-state index is 1.02. The van der Waals surface area contributed by atoms with Gasteiger partial charge < -0.3 is 4.98 Å². The summed E-state index contributed by atoms with van der Waals surface area (Å²) in [5, 5.41) is 0. The van der Waals surface area contributed by atoms with Crippen molar-refractivity contribution in [2.45, 2.75) is 75.2 Å². The highest BCUT2D eigenvalue weighted by Gasteiger charge is 2.26. The first-order valence-electron chi connectivity index (χ1n) is 10.5. The molecule has 2 heteroatoms. The molecule has 0 saturated carbocycles. The maximum Gasteiger partial charge on any atom is 0.0765 e. The lowest BCUT2D eigenvalue weighted by Crippen LogP contribution is -2.02. The number of allylic oxidation sites excluding steroid dienone is 2. The quantitative estimate of drug-likeness (QED) is 0.592. The van der Waals surface area contributed by atoms with Crippen LogP contribution in [0.5, 0.6) is 0 Å². The summed E-state index contributed by atoms with van der Waals surface area (Å²) in [4.78, 5) is 8.81. The standard InChI is InChI=1S/C26H34N2/c1-10-21-17(6)25(27-19(21)8)24(23-15(4)12-14(3)13-16(23)5)26-18(7)22(11-2)20(9)28-26/h12-13,27H,10-11H2,1-9H3. The zero-order valence-corrected chi connectivity index (χ0v) is 19.0. The molecular weight excluding hydrogens is 340 g/mol. The second kappa shape index (κ2) is 7.58. The SMILES string of the molecule is CCC1=C(C)C(=C(c2[nH]c(C)c(CC)c2C)c2c(C)cc(C)cc2C)N=C1C. The van der Waals surface area contributed by atoms with Crippen molar-refractivity contribution in [1.82, 2.24) is 4.98 Å². The molecule has 1 aromatic carbocycles. The van der Waals surface area contributed by atoms with Gasteiger partial charge in [-0.1, -0.05) is 31.5 Å². The molecule has 1 N–H and O–H groups in total. The molecule has 0 aliphatic carbocycles. The molecule has 0 spiro atoms. The van der Waals surface area contributed by atoms with Crippen LogP contribution >= 0.6 is 0 Å². The summed E-state index contributed by atoms with van der Waals surface area (Å²) in [6, 6.07) is 4.58. The largest absolute Gasteiger partial charge is 0.358 e. The number of nitrogens with one attached hydrogen (secondary N) is 1. The van der Waals surface area contributed by atoms with E-state index in [1.165, 1.54) is 61.5 Å². The van der Waals surface area contributed by atoms with Crippen LogP contribution in [-0.4, -0.2) is 10.7 Å². The number of benzene rings is 1. The van der Waals surface area contributed by atoms with Gasteiger partial charge in [0.05, 0.1) is 11.4 Å². The molecule has 2 nitrogen and oxygen atoms in total. The van der Waals surface area contributed by atoms with Gasteiger partial charge in [-0.3, -0.25) is 4.99 Å². The van der Waals surface area contributed by atoms with E-state index in [0.29, 0.717) is 0 Å². The molecule has 1 aliphatic rings. The highest BCUT2D eigenvalue weighted by Crippen LogP contribution is 2.41. The average molecular weight is 375 g/mol. The highest BCUT2D eigenvalue weighted by molar-refractivity contribution is 6.05. The predicted molar refractivity (Wildman–Crippen MR) is 122 cm³/mol. The third-order valence-electron chi connectivity index (χ3n) is 6.24. The number of rotatable bonds is 4. The smallest absolute Gasteiger partial charge is 0.0765 e. The summed E-state index contributed by atoms with van der Waals surface area (Å²) in [5.74, 6) is 0. The van der Waals surface area contributed by atoms with Gasteiger partial charge in [-0.15, -0.1) is 0 Å². The molecule has 0 saturated heterocycles. The second-order valence-corrected chi connectivity index (χ2v) is 8.23. The molecule has 0 unspecified atom stereocenters. The van der Waals surface area contributed by atoms with E-state index >= 15 is 0 Å². The van der Waals surface area contributed by atoms with Crippen LogP contribution in [0.15, 0.2) is 34.0 Å². The Morgan fingerprint density at radius 2 is 1.50 bits per heavy atom. The van der Waals surface area contributed by atoms with Crippen LogP contribution in [0.3, 0.4) is 0 Å². The van der Waals surface area contributed by atoms with Crippen LogP contribution in [0.1, 0.15) is 78.9 Å². The molecule has 2 heterocycles. The van der Waals surface area contributed by atoms with Crippen molar-refractivity contribution < 1.29 is 0 Å². The lowest BCUT2D eigenvalue weighted by Gasteiger charge is -2.18. The fraction of sp³-hybridized carbons (Fsp3) is 0.423. The summed E-state index contributed by atoms with van der Waals surface area (Å²) < 4.78 is 0. The zero-order chi connectivity index (χ0) is 20.7. The third-order valence-corrected chi connectivity index (χ3v) is 6.24. The Morgan fingerprint density at radius 1 is 0.893 bits per heavy atom. The molecule has 0 radical (unpaired) electrons. The Kier molecular flexibility index (Phi) is 5.52. The third kappa shape index (κ3) is 3.19. The number of aliphatic imine (C=N–C) groups is 1. The minimum Gasteiger partial charge on any atom is -0.358 e. The van der Waals surface area contributed by atoms with Crippen molar-refractivity contribution in [1.29, 1.82) is 0 Å². The first-order chi connectivity index (χ1) is 13.2. The molecular formula is C26H34N2. The van der Waals surface area contributed by atoms with Gasteiger partial charge in [0.2, 0.25) is 0 Å². The summed E-state index contributed by atoms with van der Waals surface area (Å²) >= 11 is 0. The summed E-state index contributed by atoms with van der Waals surface area (Å²) in [7, 11) is 0. The topological polar surface area (TPSA) is 28.1 Å². The van der Waals surface area contributed by atoms with Gasteiger partial charge in [-0.25, -0.2) is 0 Å². The van der Waals surface area contributed by atoms with E-state index in [1.807, 2.05) is 0 Å². The van der Waals surface area contributed by atoms with Gasteiger partial charge in [0.1, 0.15) is 0 Å². The van der Waals surface area contributed by atoms with Crippen LogP contribution < -0.4 is 0 Å².